The average Bonchev–Trinajstić information content (AvgIpc) is 2.21. The third-order valence-corrected chi connectivity index (χ3v) is 3.25. The van der Waals surface area contributed by atoms with Crippen molar-refractivity contribution in [2.45, 2.75) is 31.6 Å². The van der Waals surface area contributed by atoms with Crippen LogP contribution in [0.2, 0.25) is 0 Å². The Morgan fingerprint density at radius 3 is 2.27 bits per heavy atom. The molecule has 0 amide bonds. The fourth-order valence-electron chi connectivity index (χ4n) is 1.55. The fraction of sp³-hybridized carbons (Fsp3) is 0.462. The summed E-state index contributed by atoms with van der Waals surface area (Å²) >= 11 is 1.83. The molecule has 2 heteroatoms. The predicted molar refractivity (Wildman–Crippen MR) is 66.0 cm³/mol. The molecule has 0 saturated carbocycles. The van der Waals surface area contributed by atoms with Gasteiger partial charge in [-0.05, 0) is 29.4 Å². The number of hydrogen-bond donors (Lipinski definition) is 0. The maximum Gasteiger partial charge on any atom is 0.0735 e. The minimum absolute atomic E-state index is 0.0191. The van der Waals surface area contributed by atoms with Crippen LogP contribution in [0.15, 0.2) is 29.2 Å². The number of hydrogen-bond acceptors (Lipinski definition) is 2. The summed E-state index contributed by atoms with van der Waals surface area (Å²) in [6.07, 6.45) is 0. The van der Waals surface area contributed by atoms with E-state index in [1.54, 1.807) is 0 Å². The molecule has 1 atom stereocenters. The Morgan fingerprint density at radius 1 is 1.27 bits per heavy atom. The van der Waals surface area contributed by atoms with Crippen molar-refractivity contribution >= 4 is 11.8 Å². The summed E-state index contributed by atoms with van der Waals surface area (Å²) in [6, 6.07) is 10.7. The summed E-state index contributed by atoms with van der Waals surface area (Å²) in [5, 5.41) is 9.07. The molecule has 0 bridgehead atoms. The van der Waals surface area contributed by atoms with Gasteiger partial charge in [-0.3, -0.25) is 0 Å². The first-order valence-electron chi connectivity index (χ1n) is 5.31. The molecule has 0 aliphatic heterocycles. The summed E-state index contributed by atoms with van der Waals surface area (Å²) in [5.74, 6) is 1.48. The van der Waals surface area contributed by atoms with Gasteiger partial charge >= 0.3 is 0 Å². The number of nitriles is 1. The van der Waals surface area contributed by atoms with Gasteiger partial charge in [-0.1, -0.05) is 32.9 Å². The van der Waals surface area contributed by atoms with Gasteiger partial charge in [0.15, 0.2) is 0 Å². The molecule has 1 aromatic carbocycles. The van der Waals surface area contributed by atoms with Gasteiger partial charge in [-0.25, -0.2) is 0 Å². The van der Waals surface area contributed by atoms with Gasteiger partial charge < -0.3 is 0 Å². The van der Waals surface area contributed by atoms with Crippen LogP contribution in [0.1, 0.15) is 32.3 Å². The molecular formula is C13H17NS. The molecule has 0 N–H and O–H groups in total. The van der Waals surface area contributed by atoms with Crippen molar-refractivity contribution in [2.24, 2.45) is 5.92 Å². The van der Waals surface area contributed by atoms with E-state index in [2.05, 4.69) is 51.1 Å². The van der Waals surface area contributed by atoms with Crippen LogP contribution < -0.4 is 0 Å². The van der Waals surface area contributed by atoms with Crippen LogP contribution in [-0.2, 0) is 0 Å². The van der Waals surface area contributed by atoms with E-state index in [0.29, 0.717) is 5.92 Å². The predicted octanol–water partition coefficient (Wildman–Crippen LogP) is 4.06. The fourth-order valence-corrected chi connectivity index (χ4v) is 2.21. The smallest absolute Gasteiger partial charge is 0.0735 e. The first-order chi connectivity index (χ1) is 7.19. The van der Waals surface area contributed by atoms with Crippen LogP contribution in [0.5, 0.6) is 0 Å². The summed E-state index contributed by atoms with van der Waals surface area (Å²) < 4.78 is 0. The lowest BCUT2D eigenvalue weighted by Crippen LogP contribution is -2.03. The van der Waals surface area contributed by atoms with Crippen molar-refractivity contribution < 1.29 is 0 Å². The van der Waals surface area contributed by atoms with Crippen LogP contribution in [-0.4, -0.2) is 5.75 Å². The molecule has 1 nitrogen and oxygen atoms in total. The highest BCUT2D eigenvalue weighted by Gasteiger charge is 2.14. The van der Waals surface area contributed by atoms with Gasteiger partial charge in [-0.2, -0.15) is 5.26 Å². The quantitative estimate of drug-likeness (QED) is 0.713. The van der Waals surface area contributed by atoms with Crippen LogP contribution in [0.25, 0.3) is 0 Å². The second-order valence-electron chi connectivity index (χ2n) is 3.85. The average molecular weight is 219 g/mol. The first-order valence-corrected chi connectivity index (χ1v) is 6.30. The molecule has 0 radical (unpaired) electrons. The molecule has 0 fully saturated rings. The Hall–Kier alpha value is -0.940. The van der Waals surface area contributed by atoms with Crippen LogP contribution in [0.3, 0.4) is 0 Å². The molecule has 0 heterocycles. The summed E-state index contributed by atoms with van der Waals surface area (Å²) in [7, 11) is 0. The standard InChI is InChI=1S/C13H17NS/c1-4-15-12-7-5-11(6-8-12)13(9-14)10(2)3/h5-8,10,13H,4H2,1-3H3. The van der Waals surface area contributed by atoms with Gasteiger partial charge in [0.1, 0.15) is 0 Å². The highest BCUT2D eigenvalue weighted by molar-refractivity contribution is 7.99. The van der Waals surface area contributed by atoms with E-state index in [0.717, 1.165) is 11.3 Å². The SMILES string of the molecule is CCSc1ccc(C(C#N)C(C)C)cc1. The zero-order valence-corrected chi connectivity index (χ0v) is 10.3. The van der Waals surface area contributed by atoms with Crippen molar-refractivity contribution in [3.8, 4) is 6.07 Å². The second-order valence-corrected chi connectivity index (χ2v) is 5.19. The van der Waals surface area contributed by atoms with Crippen LogP contribution >= 0.6 is 11.8 Å². The number of rotatable bonds is 4. The first kappa shape index (κ1) is 12.1. The Labute approximate surface area is 96.5 Å². The van der Waals surface area contributed by atoms with E-state index in [-0.39, 0.29) is 5.92 Å². The van der Waals surface area contributed by atoms with E-state index in [9.17, 15) is 0 Å². The normalized spacial score (nSPS) is 12.5. The lowest BCUT2D eigenvalue weighted by Gasteiger charge is -2.13. The summed E-state index contributed by atoms with van der Waals surface area (Å²) in [4.78, 5) is 1.28. The summed E-state index contributed by atoms with van der Waals surface area (Å²) in [6.45, 7) is 6.32. The lowest BCUT2D eigenvalue weighted by atomic mass is 9.90. The molecule has 0 aliphatic rings. The number of benzene rings is 1. The van der Waals surface area contributed by atoms with Crippen molar-refractivity contribution in [3.63, 3.8) is 0 Å². The topological polar surface area (TPSA) is 23.8 Å². The molecular weight excluding hydrogens is 202 g/mol. The largest absolute Gasteiger partial charge is 0.198 e. The van der Waals surface area contributed by atoms with Crippen molar-refractivity contribution in [1.82, 2.24) is 0 Å². The van der Waals surface area contributed by atoms with Gasteiger partial charge in [0, 0.05) is 4.90 Å². The van der Waals surface area contributed by atoms with E-state index in [4.69, 9.17) is 5.26 Å². The molecule has 0 aromatic heterocycles. The Morgan fingerprint density at radius 2 is 1.87 bits per heavy atom. The molecule has 1 unspecified atom stereocenters. The lowest BCUT2D eigenvalue weighted by molar-refractivity contribution is 0.587. The molecule has 0 spiro atoms. The van der Waals surface area contributed by atoms with Gasteiger partial charge in [-0.15, -0.1) is 11.8 Å². The Kier molecular flexibility index (Phi) is 4.71. The van der Waals surface area contributed by atoms with Crippen molar-refractivity contribution in [1.29, 1.82) is 5.26 Å². The second kappa shape index (κ2) is 5.82. The van der Waals surface area contributed by atoms with Crippen LogP contribution in [0, 0.1) is 17.2 Å². The Balaban J connectivity index is 2.83. The molecule has 15 heavy (non-hydrogen) atoms. The zero-order valence-electron chi connectivity index (χ0n) is 9.53. The number of thioether (sulfide) groups is 1. The van der Waals surface area contributed by atoms with Crippen molar-refractivity contribution in [2.75, 3.05) is 5.75 Å². The maximum absolute atomic E-state index is 9.07. The molecule has 0 aliphatic carbocycles. The highest BCUT2D eigenvalue weighted by Crippen LogP contribution is 2.26. The molecule has 1 aromatic rings. The highest BCUT2D eigenvalue weighted by atomic mass is 32.2. The maximum atomic E-state index is 9.07. The molecule has 1 rings (SSSR count). The van der Waals surface area contributed by atoms with E-state index in [1.807, 2.05) is 11.8 Å². The minimum atomic E-state index is 0.0191. The van der Waals surface area contributed by atoms with E-state index >= 15 is 0 Å². The zero-order chi connectivity index (χ0) is 11.3. The monoisotopic (exact) mass is 219 g/mol. The molecule has 80 valence electrons. The van der Waals surface area contributed by atoms with Gasteiger partial charge in [0.05, 0.1) is 12.0 Å². The summed E-state index contributed by atoms with van der Waals surface area (Å²) in [5.41, 5.74) is 1.13. The van der Waals surface area contributed by atoms with Crippen molar-refractivity contribution in [3.05, 3.63) is 29.8 Å². The third kappa shape index (κ3) is 3.28. The van der Waals surface area contributed by atoms with E-state index < -0.39 is 0 Å². The van der Waals surface area contributed by atoms with Crippen LogP contribution in [0.4, 0.5) is 0 Å². The number of nitrogens with zero attached hydrogens (tertiary/aromatic N) is 1. The Bertz CT molecular complexity index is 335. The third-order valence-electron chi connectivity index (χ3n) is 2.36. The van der Waals surface area contributed by atoms with E-state index in [1.165, 1.54) is 4.90 Å². The van der Waals surface area contributed by atoms with Gasteiger partial charge in [0.2, 0.25) is 0 Å². The van der Waals surface area contributed by atoms with Gasteiger partial charge in [0.25, 0.3) is 0 Å². The minimum Gasteiger partial charge on any atom is -0.198 e. The molecule has 0 saturated heterocycles.